The summed E-state index contributed by atoms with van der Waals surface area (Å²) in [4.78, 5) is 17.2. The lowest BCUT2D eigenvalue weighted by atomic mass is 9.79. The molecule has 3 heterocycles. The number of aromatic amines is 1. The molecule has 0 aliphatic carbocycles. The number of nitrogens with zero attached hydrogens (tertiary/aromatic N) is 1. The molecule has 2 aliphatic heterocycles. The van der Waals surface area contributed by atoms with Crippen molar-refractivity contribution in [3.05, 3.63) is 24.0 Å². The monoisotopic (exact) mass is 261 g/mol. The molecule has 19 heavy (non-hydrogen) atoms. The lowest BCUT2D eigenvalue weighted by Crippen LogP contribution is -2.41. The standard InChI is InChI=1S/C15H23N3O/c19-15(14-3-8-17-11-14)18-9-4-13(5-10-18)12-1-6-16-7-2-12/h3,8,11-13,16-17H,1-2,4-7,9-10H2. The van der Waals surface area contributed by atoms with Gasteiger partial charge in [-0.1, -0.05) is 0 Å². The maximum absolute atomic E-state index is 12.2. The number of piperidine rings is 2. The number of H-pyrrole nitrogens is 1. The smallest absolute Gasteiger partial charge is 0.255 e. The zero-order chi connectivity index (χ0) is 13.1. The van der Waals surface area contributed by atoms with Crippen LogP contribution in [0, 0.1) is 11.8 Å². The van der Waals surface area contributed by atoms with E-state index in [1.165, 1.54) is 38.8 Å². The summed E-state index contributed by atoms with van der Waals surface area (Å²) in [7, 11) is 0. The third-order valence-electron chi connectivity index (χ3n) is 4.72. The molecule has 3 rings (SSSR count). The molecule has 2 fully saturated rings. The number of carbonyl (C=O) groups excluding carboxylic acids is 1. The van der Waals surface area contributed by atoms with Gasteiger partial charge in [0.05, 0.1) is 5.56 Å². The fourth-order valence-corrected chi connectivity index (χ4v) is 3.53. The van der Waals surface area contributed by atoms with E-state index in [0.29, 0.717) is 0 Å². The maximum atomic E-state index is 12.2. The third-order valence-corrected chi connectivity index (χ3v) is 4.72. The zero-order valence-corrected chi connectivity index (χ0v) is 11.4. The van der Waals surface area contributed by atoms with Crippen molar-refractivity contribution < 1.29 is 4.79 Å². The maximum Gasteiger partial charge on any atom is 0.255 e. The van der Waals surface area contributed by atoms with Crippen LogP contribution in [0.4, 0.5) is 0 Å². The van der Waals surface area contributed by atoms with E-state index < -0.39 is 0 Å². The van der Waals surface area contributed by atoms with E-state index in [1.807, 2.05) is 17.2 Å². The molecule has 1 aromatic rings. The van der Waals surface area contributed by atoms with Gasteiger partial charge in [-0.25, -0.2) is 0 Å². The van der Waals surface area contributed by atoms with E-state index in [-0.39, 0.29) is 5.91 Å². The first-order valence-corrected chi connectivity index (χ1v) is 7.47. The number of hydrogen-bond donors (Lipinski definition) is 2. The molecule has 0 radical (unpaired) electrons. The molecule has 0 atom stereocenters. The first-order valence-electron chi connectivity index (χ1n) is 7.47. The van der Waals surface area contributed by atoms with Gasteiger partial charge in [0.1, 0.15) is 0 Å². The number of nitrogens with one attached hydrogen (secondary N) is 2. The predicted molar refractivity (Wildman–Crippen MR) is 75.0 cm³/mol. The predicted octanol–water partition coefficient (Wildman–Crippen LogP) is 1.87. The van der Waals surface area contributed by atoms with Crippen molar-refractivity contribution in [3.63, 3.8) is 0 Å². The van der Waals surface area contributed by atoms with Crippen LogP contribution in [0.3, 0.4) is 0 Å². The van der Waals surface area contributed by atoms with Crippen molar-refractivity contribution >= 4 is 5.91 Å². The number of amides is 1. The highest BCUT2D eigenvalue weighted by molar-refractivity contribution is 5.94. The summed E-state index contributed by atoms with van der Waals surface area (Å²) in [5.74, 6) is 1.90. The van der Waals surface area contributed by atoms with Crippen molar-refractivity contribution in [2.45, 2.75) is 25.7 Å². The number of likely N-dealkylation sites (tertiary alicyclic amines) is 1. The number of hydrogen-bond acceptors (Lipinski definition) is 2. The second kappa shape index (κ2) is 5.78. The van der Waals surface area contributed by atoms with Crippen LogP contribution in [0.1, 0.15) is 36.0 Å². The summed E-state index contributed by atoms with van der Waals surface area (Å²) in [5, 5.41) is 3.43. The summed E-state index contributed by atoms with van der Waals surface area (Å²) in [6.45, 7) is 4.21. The Labute approximate surface area is 114 Å². The molecular formula is C15H23N3O. The quantitative estimate of drug-likeness (QED) is 0.854. The Bertz CT molecular complexity index is 401. The van der Waals surface area contributed by atoms with Gasteiger partial charge in [0, 0.05) is 25.5 Å². The Morgan fingerprint density at radius 1 is 1.11 bits per heavy atom. The van der Waals surface area contributed by atoms with Crippen LogP contribution < -0.4 is 5.32 Å². The molecule has 0 bridgehead atoms. The average molecular weight is 261 g/mol. The Balaban J connectivity index is 1.53. The van der Waals surface area contributed by atoms with Crippen LogP contribution >= 0.6 is 0 Å². The second-order valence-electron chi connectivity index (χ2n) is 5.82. The molecule has 4 heteroatoms. The van der Waals surface area contributed by atoms with Gasteiger partial charge < -0.3 is 15.2 Å². The van der Waals surface area contributed by atoms with Gasteiger partial charge in [-0.15, -0.1) is 0 Å². The highest BCUT2D eigenvalue weighted by Crippen LogP contribution is 2.31. The normalized spacial score (nSPS) is 22.6. The topological polar surface area (TPSA) is 48.1 Å². The molecule has 2 N–H and O–H groups in total. The first-order chi connectivity index (χ1) is 9.34. The molecule has 1 amide bonds. The van der Waals surface area contributed by atoms with E-state index in [0.717, 1.165) is 30.5 Å². The minimum absolute atomic E-state index is 0.185. The van der Waals surface area contributed by atoms with Crippen LogP contribution in [0.15, 0.2) is 18.5 Å². The minimum Gasteiger partial charge on any atom is -0.367 e. The zero-order valence-electron chi connectivity index (χ0n) is 11.4. The molecule has 2 aliphatic rings. The molecule has 0 spiro atoms. The van der Waals surface area contributed by atoms with Crippen LogP contribution in [-0.2, 0) is 0 Å². The molecule has 0 saturated carbocycles. The van der Waals surface area contributed by atoms with Crippen molar-refractivity contribution in [1.82, 2.24) is 15.2 Å². The SMILES string of the molecule is O=C(c1cc[nH]c1)N1CCC(C2CCNCC2)CC1. The lowest BCUT2D eigenvalue weighted by Gasteiger charge is -2.37. The van der Waals surface area contributed by atoms with Crippen LogP contribution in [0.25, 0.3) is 0 Å². The number of aromatic nitrogens is 1. The van der Waals surface area contributed by atoms with E-state index in [4.69, 9.17) is 0 Å². The van der Waals surface area contributed by atoms with Crippen molar-refractivity contribution in [2.75, 3.05) is 26.2 Å². The van der Waals surface area contributed by atoms with Crippen molar-refractivity contribution in [1.29, 1.82) is 0 Å². The number of carbonyl (C=O) groups is 1. The molecule has 0 aromatic carbocycles. The lowest BCUT2D eigenvalue weighted by molar-refractivity contribution is 0.0642. The van der Waals surface area contributed by atoms with E-state index in [9.17, 15) is 4.79 Å². The van der Waals surface area contributed by atoms with Crippen LogP contribution in [0.5, 0.6) is 0 Å². The summed E-state index contributed by atoms with van der Waals surface area (Å²) in [6.07, 6.45) is 8.60. The average Bonchev–Trinajstić information content (AvgIpc) is 3.02. The molecule has 2 saturated heterocycles. The Morgan fingerprint density at radius 2 is 1.79 bits per heavy atom. The molecule has 104 valence electrons. The van der Waals surface area contributed by atoms with E-state index in [2.05, 4.69) is 10.3 Å². The van der Waals surface area contributed by atoms with Gasteiger partial charge in [0.15, 0.2) is 0 Å². The van der Waals surface area contributed by atoms with E-state index in [1.54, 1.807) is 6.20 Å². The third kappa shape index (κ3) is 2.84. The second-order valence-corrected chi connectivity index (χ2v) is 5.82. The summed E-state index contributed by atoms with van der Waals surface area (Å²) in [5.41, 5.74) is 0.792. The first kappa shape index (κ1) is 12.7. The molecule has 0 unspecified atom stereocenters. The highest BCUT2D eigenvalue weighted by Gasteiger charge is 2.29. The van der Waals surface area contributed by atoms with E-state index >= 15 is 0 Å². The van der Waals surface area contributed by atoms with Gasteiger partial charge in [-0.2, -0.15) is 0 Å². The van der Waals surface area contributed by atoms with Crippen molar-refractivity contribution in [2.24, 2.45) is 11.8 Å². The fourth-order valence-electron chi connectivity index (χ4n) is 3.53. The largest absolute Gasteiger partial charge is 0.367 e. The Kier molecular flexibility index (Phi) is 3.87. The summed E-state index contributed by atoms with van der Waals surface area (Å²) >= 11 is 0. The molecule has 4 nitrogen and oxygen atoms in total. The van der Waals surface area contributed by atoms with Gasteiger partial charge in [-0.05, 0) is 56.7 Å². The van der Waals surface area contributed by atoms with Crippen LogP contribution in [-0.4, -0.2) is 42.0 Å². The van der Waals surface area contributed by atoms with Gasteiger partial charge in [0.25, 0.3) is 5.91 Å². The highest BCUT2D eigenvalue weighted by atomic mass is 16.2. The van der Waals surface area contributed by atoms with Gasteiger partial charge in [-0.3, -0.25) is 4.79 Å². The molecule has 1 aromatic heterocycles. The number of rotatable bonds is 2. The van der Waals surface area contributed by atoms with Crippen LogP contribution in [0.2, 0.25) is 0 Å². The molecular weight excluding hydrogens is 238 g/mol. The fraction of sp³-hybridized carbons (Fsp3) is 0.667. The summed E-state index contributed by atoms with van der Waals surface area (Å²) < 4.78 is 0. The Morgan fingerprint density at radius 3 is 2.42 bits per heavy atom. The van der Waals surface area contributed by atoms with Crippen molar-refractivity contribution in [3.8, 4) is 0 Å². The van der Waals surface area contributed by atoms with Gasteiger partial charge >= 0.3 is 0 Å². The van der Waals surface area contributed by atoms with Gasteiger partial charge in [0.2, 0.25) is 0 Å². The summed E-state index contributed by atoms with van der Waals surface area (Å²) in [6, 6.07) is 1.86. The Hall–Kier alpha value is -1.29. The minimum atomic E-state index is 0.185.